The van der Waals surface area contributed by atoms with Crippen molar-refractivity contribution in [2.75, 3.05) is 25.1 Å². The minimum absolute atomic E-state index is 0.00147. The van der Waals surface area contributed by atoms with Crippen LogP contribution >= 0.6 is 0 Å². The second-order valence-electron chi connectivity index (χ2n) is 9.09. The number of hydrogen-bond donors (Lipinski definition) is 4. The Bertz CT molecular complexity index is 1420. The summed E-state index contributed by atoms with van der Waals surface area (Å²) in [4.78, 5) is 74.7. The first-order valence-electron chi connectivity index (χ1n) is 13.0. The maximum absolute atomic E-state index is 12.7. The Morgan fingerprint density at radius 2 is 1.69 bits per heavy atom. The zero-order valence-corrected chi connectivity index (χ0v) is 22.8. The van der Waals surface area contributed by atoms with Gasteiger partial charge in [0.15, 0.2) is 11.6 Å². The quantitative estimate of drug-likeness (QED) is 0.140. The minimum Gasteiger partial charge on any atom is -0.461 e. The van der Waals surface area contributed by atoms with Gasteiger partial charge in [-0.1, -0.05) is 35.5 Å². The number of amides is 3. The SMILES string of the molecule is CC(=O)COCCNC(=O)[C@H](CC(=O)OCc1ccccc1)NC(=O)CCC(=O)Nc1ccc(-c2noc(=O)[nH]2)cc1. The van der Waals surface area contributed by atoms with Gasteiger partial charge in [-0.3, -0.25) is 33.5 Å². The number of anilines is 1. The van der Waals surface area contributed by atoms with Gasteiger partial charge in [0.2, 0.25) is 17.7 Å². The molecule has 14 nitrogen and oxygen atoms in total. The number of H-pyrrole nitrogens is 1. The summed E-state index contributed by atoms with van der Waals surface area (Å²) in [6, 6.07) is 14.1. The number of benzene rings is 2. The second kappa shape index (κ2) is 16.2. The number of ether oxygens (including phenoxy) is 2. The molecule has 42 heavy (non-hydrogen) atoms. The highest BCUT2D eigenvalue weighted by atomic mass is 16.5. The maximum Gasteiger partial charge on any atom is 0.439 e. The van der Waals surface area contributed by atoms with Gasteiger partial charge < -0.3 is 25.4 Å². The van der Waals surface area contributed by atoms with E-state index in [1.807, 2.05) is 6.07 Å². The molecule has 3 amide bonds. The van der Waals surface area contributed by atoms with Crippen molar-refractivity contribution in [3.8, 4) is 11.4 Å². The van der Waals surface area contributed by atoms with Crippen LogP contribution in [0.25, 0.3) is 11.4 Å². The Kier molecular flexibility index (Phi) is 12.1. The number of esters is 1. The fraction of sp³-hybridized carbons (Fsp3) is 0.321. The molecule has 0 fully saturated rings. The normalized spacial score (nSPS) is 11.3. The molecule has 1 atom stereocenters. The molecule has 222 valence electrons. The maximum atomic E-state index is 12.7. The van der Waals surface area contributed by atoms with E-state index in [-0.39, 0.29) is 50.8 Å². The lowest BCUT2D eigenvalue weighted by Crippen LogP contribution is -2.48. The predicted octanol–water partition coefficient (Wildman–Crippen LogP) is 1.09. The van der Waals surface area contributed by atoms with E-state index in [9.17, 15) is 28.8 Å². The first kappa shape index (κ1) is 31.4. The van der Waals surface area contributed by atoms with Crippen LogP contribution in [0.15, 0.2) is 63.9 Å². The molecule has 3 rings (SSSR count). The van der Waals surface area contributed by atoms with Crippen LogP contribution in [0.1, 0.15) is 31.7 Å². The van der Waals surface area contributed by atoms with E-state index in [1.54, 1.807) is 48.5 Å². The van der Waals surface area contributed by atoms with E-state index >= 15 is 0 Å². The zero-order valence-electron chi connectivity index (χ0n) is 22.8. The Morgan fingerprint density at radius 3 is 2.36 bits per heavy atom. The van der Waals surface area contributed by atoms with Crippen molar-refractivity contribution in [2.45, 2.75) is 38.8 Å². The van der Waals surface area contributed by atoms with E-state index in [4.69, 9.17) is 9.47 Å². The average molecular weight is 582 g/mol. The van der Waals surface area contributed by atoms with Crippen LogP contribution in [0.3, 0.4) is 0 Å². The van der Waals surface area contributed by atoms with Gasteiger partial charge in [-0.05, 0) is 36.8 Å². The third-order valence-corrected chi connectivity index (χ3v) is 5.58. The number of aromatic amines is 1. The fourth-order valence-corrected chi connectivity index (χ4v) is 3.54. The summed E-state index contributed by atoms with van der Waals surface area (Å²) >= 11 is 0. The molecule has 0 unspecified atom stereocenters. The lowest BCUT2D eigenvalue weighted by molar-refractivity contribution is -0.147. The first-order valence-corrected chi connectivity index (χ1v) is 13.0. The molecule has 0 aliphatic heterocycles. The van der Waals surface area contributed by atoms with E-state index < -0.39 is 41.9 Å². The molecule has 0 bridgehead atoms. The van der Waals surface area contributed by atoms with Crippen molar-refractivity contribution < 1.29 is 38.0 Å². The Hall–Kier alpha value is -5.11. The highest BCUT2D eigenvalue weighted by molar-refractivity contribution is 5.95. The number of nitrogens with one attached hydrogen (secondary N) is 4. The van der Waals surface area contributed by atoms with Crippen LogP contribution < -0.4 is 21.7 Å². The van der Waals surface area contributed by atoms with Crippen LogP contribution in [-0.2, 0) is 40.1 Å². The van der Waals surface area contributed by atoms with E-state index in [1.165, 1.54) is 6.92 Å². The largest absolute Gasteiger partial charge is 0.461 e. The van der Waals surface area contributed by atoms with Crippen molar-refractivity contribution in [1.82, 2.24) is 20.8 Å². The number of Topliss-reactive ketones (excluding diaryl/α,β-unsaturated/α-hetero) is 1. The van der Waals surface area contributed by atoms with Gasteiger partial charge in [0.1, 0.15) is 19.3 Å². The number of rotatable bonds is 16. The number of hydrogen-bond acceptors (Lipinski definition) is 10. The highest BCUT2D eigenvalue weighted by Gasteiger charge is 2.25. The molecule has 1 aromatic heterocycles. The summed E-state index contributed by atoms with van der Waals surface area (Å²) < 4.78 is 14.8. The summed E-state index contributed by atoms with van der Waals surface area (Å²) in [6.07, 6.45) is -0.890. The van der Waals surface area contributed by atoms with Crippen molar-refractivity contribution in [1.29, 1.82) is 0 Å². The smallest absolute Gasteiger partial charge is 0.439 e. The van der Waals surface area contributed by atoms with Crippen molar-refractivity contribution in [2.24, 2.45) is 0 Å². The van der Waals surface area contributed by atoms with E-state index in [0.29, 0.717) is 11.3 Å². The van der Waals surface area contributed by atoms with Gasteiger partial charge in [-0.25, -0.2) is 4.79 Å². The Labute approximate surface area is 240 Å². The molecule has 2 aromatic carbocycles. The van der Waals surface area contributed by atoms with Gasteiger partial charge in [-0.2, -0.15) is 0 Å². The summed E-state index contributed by atoms with van der Waals surface area (Å²) in [5.41, 5.74) is 1.77. The summed E-state index contributed by atoms with van der Waals surface area (Å²) in [5, 5.41) is 11.3. The molecule has 0 aliphatic carbocycles. The van der Waals surface area contributed by atoms with Gasteiger partial charge in [0, 0.05) is 30.6 Å². The molecule has 14 heteroatoms. The van der Waals surface area contributed by atoms with Crippen LogP contribution in [0.4, 0.5) is 5.69 Å². The number of nitrogens with zero attached hydrogens (tertiary/aromatic N) is 1. The third kappa shape index (κ3) is 11.2. The van der Waals surface area contributed by atoms with Crippen molar-refractivity contribution in [3.05, 3.63) is 70.7 Å². The van der Waals surface area contributed by atoms with E-state index in [0.717, 1.165) is 5.56 Å². The first-order chi connectivity index (χ1) is 20.2. The molecule has 0 spiro atoms. The van der Waals surface area contributed by atoms with Crippen molar-refractivity contribution >= 4 is 35.2 Å². The zero-order chi connectivity index (χ0) is 30.3. The highest BCUT2D eigenvalue weighted by Crippen LogP contribution is 2.17. The number of carbonyl (C=O) groups is 5. The molecule has 0 saturated carbocycles. The molecular weight excluding hydrogens is 550 g/mol. The molecule has 1 heterocycles. The minimum atomic E-state index is -1.26. The van der Waals surface area contributed by atoms with E-state index in [2.05, 4.69) is 30.6 Å². The average Bonchev–Trinajstić information content (AvgIpc) is 3.41. The summed E-state index contributed by atoms with van der Waals surface area (Å²) in [6.45, 7) is 1.37. The molecule has 0 aliphatic rings. The molecule has 0 saturated heterocycles. The number of ketones is 1. The molecule has 3 aromatic rings. The fourth-order valence-electron chi connectivity index (χ4n) is 3.54. The number of carbonyl (C=O) groups excluding carboxylic acids is 5. The third-order valence-electron chi connectivity index (χ3n) is 5.58. The lowest BCUT2D eigenvalue weighted by Gasteiger charge is -2.18. The summed E-state index contributed by atoms with van der Waals surface area (Å²) in [7, 11) is 0. The Balaban J connectivity index is 1.49. The van der Waals surface area contributed by atoms with Crippen LogP contribution in [0.5, 0.6) is 0 Å². The molecular formula is C28H31N5O9. The van der Waals surface area contributed by atoms with Crippen molar-refractivity contribution in [3.63, 3.8) is 0 Å². The van der Waals surface area contributed by atoms with Crippen LogP contribution in [0.2, 0.25) is 0 Å². The topological polar surface area (TPSA) is 199 Å². The van der Waals surface area contributed by atoms with Gasteiger partial charge in [0.25, 0.3) is 0 Å². The number of aromatic nitrogens is 2. The monoisotopic (exact) mass is 581 g/mol. The summed E-state index contributed by atoms with van der Waals surface area (Å²) in [5.74, 6) is -3.06. The van der Waals surface area contributed by atoms with Gasteiger partial charge in [0.05, 0.1) is 13.0 Å². The van der Waals surface area contributed by atoms with Gasteiger partial charge in [-0.15, -0.1) is 0 Å². The predicted molar refractivity (Wildman–Crippen MR) is 148 cm³/mol. The lowest BCUT2D eigenvalue weighted by atomic mass is 10.1. The molecule has 0 radical (unpaired) electrons. The van der Waals surface area contributed by atoms with Gasteiger partial charge >= 0.3 is 11.7 Å². The molecule has 4 N–H and O–H groups in total. The second-order valence-corrected chi connectivity index (χ2v) is 9.09. The Morgan fingerprint density at radius 1 is 0.976 bits per heavy atom. The van der Waals surface area contributed by atoms with Crippen LogP contribution in [-0.4, -0.2) is 65.4 Å². The van der Waals surface area contributed by atoms with Crippen LogP contribution in [0, 0.1) is 0 Å². The standard InChI is InChI=1S/C28H31N5O9/c1-18(34)16-40-14-13-29-27(38)22(15-25(37)41-17-19-5-3-2-4-6-19)31-24(36)12-11-23(35)30-21-9-7-20(8-10-21)26-32-28(39)42-33-26/h2-10,22H,11-17H2,1H3,(H,29,38)(H,30,35)(H,31,36)(H,32,33,39)/t22-/m0/s1.